The van der Waals surface area contributed by atoms with Gasteiger partial charge in [-0.15, -0.1) is 0 Å². The Morgan fingerprint density at radius 3 is 2.57 bits per heavy atom. The number of hydrogen-bond donors (Lipinski definition) is 2. The lowest BCUT2D eigenvalue weighted by Gasteiger charge is -2.31. The molecule has 1 heterocycles. The summed E-state index contributed by atoms with van der Waals surface area (Å²) in [5.74, 6) is 2.11. The SMILES string of the molecule is COc1ccccc1[C@H](C)NC1=N[C@H](O)C(C)(C(C)C)C1. The smallest absolute Gasteiger partial charge is 0.153 e. The highest BCUT2D eigenvalue weighted by Crippen LogP contribution is 2.40. The average molecular weight is 290 g/mol. The number of hydrogen-bond acceptors (Lipinski definition) is 4. The van der Waals surface area contributed by atoms with Crippen LogP contribution in [0.1, 0.15) is 45.7 Å². The Morgan fingerprint density at radius 1 is 1.33 bits per heavy atom. The van der Waals surface area contributed by atoms with Crippen LogP contribution >= 0.6 is 0 Å². The van der Waals surface area contributed by atoms with Crippen LogP contribution in [-0.4, -0.2) is 24.3 Å². The van der Waals surface area contributed by atoms with E-state index < -0.39 is 6.23 Å². The molecule has 2 rings (SSSR count). The molecule has 4 nitrogen and oxygen atoms in total. The molecule has 0 saturated carbocycles. The van der Waals surface area contributed by atoms with E-state index >= 15 is 0 Å². The van der Waals surface area contributed by atoms with Crippen molar-refractivity contribution in [1.29, 1.82) is 0 Å². The van der Waals surface area contributed by atoms with Crippen molar-refractivity contribution in [1.82, 2.24) is 5.32 Å². The van der Waals surface area contributed by atoms with Crippen LogP contribution in [0.2, 0.25) is 0 Å². The molecule has 4 heteroatoms. The standard InChI is InChI=1S/C17H26N2O2/c1-11(2)17(4)10-15(19-16(17)20)18-12(3)13-8-6-7-9-14(13)21-5/h6-9,11-12,16,20H,10H2,1-5H3,(H,18,19)/t12-,16+,17?/m0/s1. The Morgan fingerprint density at radius 2 is 2.00 bits per heavy atom. The summed E-state index contributed by atoms with van der Waals surface area (Å²) in [6, 6.07) is 8.05. The van der Waals surface area contributed by atoms with Crippen LogP contribution in [0.25, 0.3) is 0 Å². The van der Waals surface area contributed by atoms with Crippen LogP contribution in [0, 0.1) is 11.3 Å². The molecule has 1 aromatic rings. The van der Waals surface area contributed by atoms with Gasteiger partial charge in [-0.05, 0) is 18.9 Å². The molecule has 1 aliphatic heterocycles. The maximum absolute atomic E-state index is 10.2. The second kappa shape index (κ2) is 6.06. The summed E-state index contributed by atoms with van der Waals surface area (Å²) >= 11 is 0. The molecule has 0 fully saturated rings. The van der Waals surface area contributed by atoms with E-state index in [-0.39, 0.29) is 11.5 Å². The van der Waals surface area contributed by atoms with E-state index in [0.29, 0.717) is 5.92 Å². The molecule has 0 bridgehead atoms. The van der Waals surface area contributed by atoms with E-state index in [1.807, 2.05) is 24.3 Å². The monoisotopic (exact) mass is 290 g/mol. The average Bonchev–Trinajstić information content (AvgIpc) is 2.74. The zero-order chi connectivity index (χ0) is 15.6. The van der Waals surface area contributed by atoms with Crippen LogP contribution in [-0.2, 0) is 0 Å². The van der Waals surface area contributed by atoms with Gasteiger partial charge in [-0.3, -0.25) is 0 Å². The number of para-hydroxylation sites is 1. The molecule has 0 radical (unpaired) electrons. The molecule has 0 spiro atoms. The Hall–Kier alpha value is -1.55. The summed E-state index contributed by atoms with van der Waals surface area (Å²) in [5, 5.41) is 13.6. The number of aliphatic hydroxyl groups excluding tert-OH is 1. The third-order valence-electron chi connectivity index (χ3n) is 4.72. The lowest BCUT2D eigenvalue weighted by atomic mass is 9.76. The number of nitrogens with one attached hydrogen (secondary N) is 1. The van der Waals surface area contributed by atoms with Crippen molar-refractivity contribution in [3.05, 3.63) is 29.8 Å². The van der Waals surface area contributed by atoms with E-state index in [1.54, 1.807) is 7.11 Å². The summed E-state index contributed by atoms with van der Waals surface area (Å²) in [4.78, 5) is 4.40. The second-order valence-corrected chi connectivity index (χ2v) is 6.39. The third kappa shape index (κ3) is 3.05. The molecule has 0 amide bonds. The summed E-state index contributed by atoms with van der Waals surface area (Å²) < 4.78 is 5.40. The van der Waals surface area contributed by atoms with Gasteiger partial charge in [-0.2, -0.15) is 0 Å². The van der Waals surface area contributed by atoms with Gasteiger partial charge >= 0.3 is 0 Å². The first kappa shape index (κ1) is 15.8. The van der Waals surface area contributed by atoms with Crippen molar-refractivity contribution in [3.8, 4) is 5.75 Å². The molecule has 1 unspecified atom stereocenters. The molecular formula is C17H26N2O2. The van der Waals surface area contributed by atoms with Crippen molar-refractivity contribution in [2.24, 2.45) is 16.3 Å². The molecule has 1 aromatic carbocycles. The zero-order valence-corrected chi connectivity index (χ0v) is 13.6. The molecule has 0 aliphatic carbocycles. The summed E-state index contributed by atoms with van der Waals surface area (Å²) in [5.41, 5.74) is 0.901. The Kier molecular flexibility index (Phi) is 4.57. The lowest BCUT2D eigenvalue weighted by molar-refractivity contribution is 0.0281. The second-order valence-electron chi connectivity index (χ2n) is 6.39. The fourth-order valence-corrected chi connectivity index (χ4v) is 2.74. The van der Waals surface area contributed by atoms with Crippen LogP contribution in [0.5, 0.6) is 5.75 Å². The van der Waals surface area contributed by atoms with E-state index in [0.717, 1.165) is 23.6 Å². The van der Waals surface area contributed by atoms with E-state index in [2.05, 4.69) is 38.0 Å². The predicted octanol–water partition coefficient (Wildman–Crippen LogP) is 3.13. The van der Waals surface area contributed by atoms with Crippen molar-refractivity contribution >= 4 is 5.84 Å². The van der Waals surface area contributed by atoms with Gasteiger partial charge in [-0.25, -0.2) is 4.99 Å². The topological polar surface area (TPSA) is 53.8 Å². The number of nitrogens with zero attached hydrogens (tertiary/aromatic N) is 1. The number of methoxy groups -OCH3 is 1. The minimum Gasteiger partial charge on any atom is -0.496 e. The number of aliphatic imine (C=N–C) groups is 1. The summed E-state index contributed by atoms with van der Waals surface area (Å²) in [6.45, 7) is 8.43. The predicted molar refractivity (Wildman–Crippen MR) is 85.5 cm³/mol. The Labute approximate surface area is 127 Å². The Bertz CT molecular complexity index is 527. The van der Waals surface area contributed by atoms with Crippen LogP contribution < -0.4 is 10.1 Å². The van der Waals surface area contributed by atoms with E-state index in [1.165, 1.54) is 0 Å². The van der Waals surface area contributed by atoms with Gasteiger partial charge in [-0.1, -0.05) is 39.0 Å². The first-order chi connectivity index (χ1) is 9.88. The highest BCUT2D eigenvalue weighted by molar-refractivity contribution is 5.85. The van der Waals surface area contributed by atoms with E-state index in [4.69, 9.17) is 4.74 Å². The van der Waals surface area contributed by atoms with Gasteiger partial charge in [0, 0.05) is 17.4 Å². The van der Waals surface area contributed by atoms with Crippen molar-refractivity contribution < 1.29 is 9.84 Å². The quantitative estimate of drug-likeness (QED) is 0.895. The minimum absolute atomic E-state index is 0.0848. The first-order valence-electron chi connectivity index (χ1n) is 7.52. The third-order valence-corrected chi connectivity index (χ3v) is 4.72. The molecule has 0 aromatic heterocycles. The largest absolute Gasteiger partial charge is 0.496 e. The van der Waals surface area contributed by atoms with Crippen LogP contribution in [0.4, 0.5) is 0 Å². The number of amidine groups is 1. The van der Waals surface area contributed by atoms with Gasteiger partial charge in [0.25, 0.3) is 0 Å². The maximum atomic E-state index is 10.2. The van der Waals surface area contributed by atoms with Gasteiger partial charge in [0.05, 0.1) is 13.2 Å². The van der Waals surface area contributed by atoms with Crippen molar-refractivity contribution in [2.45, 2.75) is 46.4 Å². The number of benzene rings is 1. The molecule has 116 valence electrons. The van der Waals surface area contributed by atoms with Gasteiger partial charge < -0.3 is 15.2 Å². The normalized spacial score (nSPS) is 26.6. The minimum atomic E-state index is -0.634. The highest BCUT2D eigenvalue weighted by atomic mass is 16.5. The molecule has 3 atom stereocenters. The highest BCUT2D eigenvalue weighted by Gasteiger charge is 2.42. The number of rotatable bonds is 4. The van der Waals surface area contributed by atoms with Crippen molar-refractivity contribution in [3.63, 3.8) is 0 Å². The Balaban J connectivity index is 2.11. The number of aliphatic hydroxyl groups is 1. The molecule has 2 N–H and O–H groups in total. The maximum Gasteiger partial charge on any atom is 0.153 e. The summed E-state index contributed by atoms with van der Waals surface area (Å²) in [7, 11) is 1.68. The van der Waals surface area contributed by atoms with Crippen molar-refractivity contribution in [2.75, 3.05) is 7.11 Å². The van der Waals surface area contributed by atoms with Gasteiger partial charge in [0.1, 0.15) is 11.6 Å². The van der Waals surface area contributed by atoms with Crippen LogP contribution in [0.15, 0.2) is 29.3 Å². The number of ether oxygens (including phenoxy) is 1. The fourth-order valence-electron chi connectivity index (χ4n) is 2.74. The molecular weight excluding hydrogens is 264 g/mol. The molecule has 0 saturated heterocycles. The summed E-state index contributed by atoms with van der Waals surface area (Å²) in [6.07, 6.45) is 0.135. The van der Waals surface area contributed by atoms with Gasteiger partial charge in [0.15, 0.2) is 6.23 Å². The van der Waals surface area contributed by atoms with Crippen LogP contribution in [0.3, 0.4) is 0 Å². The van der Waals surface area contributed by atoms with E-state index in [9.17, 15) is 5.11 Å². The molecule has 1 aliphatic rings. The van der Waals surface area contributed by atoms with Gasteiger partial charge in [0.2, 0.25) is 0 Å². The first-order valence-corrected chi connectivity index (χ1v) is 7.52. The fraction of sp³-hybridized carbons (Fsp3) is 0.588. The lowest BCUT2D eigenvalue weighted by Crippen LogP contribution is -2.34. The zero-order valence-electron chi connectivity index (χ0n) is 13.6. The molecule has 21 heavy (non-hydrogen) atoms.